The zero-order valence-electron chi connectivity index (χ0n) is 10.4. The van der Waals surface area contributed by atoms with E-state index in [1.165, 1.54) is 24.0 Å². The highest BCUT2D eigenvalue weighted by atomic mass is 79.9. The molecular weight excluding hydrogens is 284 g/mol. The summed E-state index contributed by atoms with van der Waals surface area (Å²) in [7, 11) is 0. The Morgan fingerprint density at radius 1 is 0.889 bits per heavy atom. The minimum atomic E-state index is 0.589. The quantitative estimate of drug-likeness (QED) is 0.693. The van der Waals surface area contributed by atoms with Crippen molar-refractivity contribution >= 4 is 15.9 Å². The maximum absolute atomic E-state index is 3.59. The molecule has 0 saturated carbocycles. The molecule has 0 aliphatic heterocycles. The second kappa shape index (κ2) is 5.27. The van der Waals surface area contributed by atoms with Crippen molar-refractivity contribution in [2.24, 2.45) is 0 Å². The van der Waals surface area contributed by atoms with Crippen LogP contribution in [0.3, 0.4) is 0 Å². The molecule has 0 spiro atoms. The Morgan fingerprint density at radius 3 is 2.28 bits per heavy atom. The summed E-state index contributed by atoms with van der Waals surface area (Å²) in [6.45, 7) is 0. The van der Waals surface area contributed by atoms with Gasteiger partial charge in [-0.1, -0.05) is 70.5 Å². The zero-order valence-corrected chi connectivity index (χ0v) is 11.9. The highest BCUT2D eigenvalue weighted by Gasteiger charge is 2.30. The predicted octanol–water partition coefficient (Wildman–Crippen LogP) is 5.09. The van der Waals surface area contributed by atoms with Gasteiger partial charge in [-0.25, -0.2) is 0 Å². The molecule has 0 nitrogen and oxygen atoms in total. The molecule has 2 aromatic rings. The van der Waals surface area contributed by atoms with Crippen molar-refractivity contribution in [1.82, 2.24) is 0 Å². The monoisotopic (exact) mass is 300 g/mol. The SMILES string of the molecule is BrCC[C@@H]1C[C@@H](c2ccccc2)c2ccccc21. The van der Waals surface area contributed by atoms with Crippen molar-refractivity contribution in [2.75, 3.05) is 5.33 Å². The van der Waals surface area contributed by atoms with Gasteiger partial charge in [-0.15, -0.1) is 0 Å². The number of fused-ring (bicyclic) bond motifs is 1. The van der Waals surface area contributed by atoms with E-state index in [1.807, 2.05) is 0 Å². The molecule has 0 fully saturated rings. The summed E-state index contributed by atoms with van der Waals surface area (Å²) in [4.78, 5) is 0. The normalized spacial score (nSPS) is 21.8. The maximum atomic E-state index is 3.59. The van der Waals surface area contributed by atoms with Crippen LogP contribution in [0.4, 0.5) is 0 Å². The van der Waals surface area contributed by atoms with Crippen molar-refractivity contribution < 1.29 is 0 Å². The van der Waals surface area contributed by atoms with E-state index < -0.39 is 0 Å². The van der Waals surface area contributed by atoms with Crippen molar-refractivity contribution in [3.05, 3.63) is 71.3 Å². The van der Waals surface area contributed by atoms with Gasteiger partial charge in [-0.3, -0.25) is 0 Å². The minimum absolute atomic E-state index is 0.589. The van der Waals surface area contributed by atoms with Gasteiger partial charge in [0.15, 0.2) is 0 Å². The second-order valence-electron chi connectivity index (χ2n) is 5.00. The third-order valence-corrected chi connectivity index (χ3v) is 4.45. The first kappa shape index (κ1) is 12.0. The Kier molecular flexibility index (Phi) is 3.51. The standard InChI is InChI=1S/C17H17Br/c18-11-10-14-12-17(13-6-2-1-3-7-13)16-9-5-4-8-15(14)16/h1-9,14,17H,10-12H2/t14-,17+/m1/s1. The van der Waals surface area contributed by atoms with Crippen LogP contribution in [-0.4, -0.2) is 5.33 Å². The molecule has 1 aliphatic carbocycles. The predicted molar refractivity (Wildman–Crippen MR) is 80.5 cm³/mol. The van der Waals surface area contributed by atoms with Crippen molar-refractivity contribution in [3.8, 4) is 0 Å². The zero-order chi connectivity index (χ0) is 12.4. The number of halogens is 1. The van der Waals surface area contributed by atoms with Gasteiger partial charge >= 0.3 is 0 Å². The van der Waals surface area contributed by atoms with Crippen LogP contribution in [0.25, 0.3) is 0 Å². The van der Waals surface area contributed by atoms with Crippen LogP contribution >= 0.6 is 15.9 Å². The smallest absolute Gasteiger partial charge is 0.00979 e. The molecule has 18 heavy (non-hydrogen) atoms. The van der Waals surface area contributed by atoms with Crippen LogP contribution in [0.1, 0.15) is 41.4 Å². The fourth-order valence-corrected chi connectivity index (χ4v) is 3.70. The van der Waals surface area contributed by atoms with E-state index in [-0.39, 0.29) is 0 Å². The number of hydrogen-bond donors (Lipinski definition) is 0. The summed E-state index contributed by atoms with van der Waals surface area (Å²) in [5.74, 6) is 1.30. The Labute approximate surface area is 117 Å². The van der Waals surface area contributed by atoms with Crippen LogP contribution in [0.2, 0.25) is 0 Å². The summed E-state index contributed by atoms with van der Waals surface area (Å²) in [6.07, 6.45) is 2.50. The highest BCUT2D eigenvalue weighted by molar-refractivity contribution is 9.09. The Balaban J connectivity index is 1.99. The van der Waals surface area contributed by atoms with E-state index in [2.05, 4.69) is 70.5 Å². The highest BCUT2D eigenvalue weighted by Crippen LogP contribution is 2.46. The molecule has 0 aromatic heterocycles. The van der Waals surface area contributed by atoms with Gasteiger partial charge < -0.3 is 0 Å². The minimum Gasteiger partial charge on any atom is -0.0928 e. The van der Waals surface area contributed by atoms with Gasteiger partial charge in [-0.05, 0) is 35.4 Å². The van der Waals surface area contributed by atoms with Crippen LogP contribution in [0.15, 0.2) is 54.6 Å². The van der Waals surface area contributed by atoms with E-state index in [4.69, 9.17) is 0 Å². The average molecular weight is 301 g/mol. The van der Waals surface area contributed by atoms with Gasteiger partial charge in [0, 0.05) is 11.2 Å². The van der Waals surface area contributed by atoms with Crippen LogP contribution < -0.4 is 0 Å². The molecule has 0 amide bonds. The average Bonchev–Trinajstić information content (AvgIpc) is 2.80. The topological polar surface area (TPSA) is 0 Å². The van der Waals surface area contributed by atoms with E-state index >= 15 is 0 Å². The first-order chi connectivity index (χ1) is 8.90. The summed E-state index contributed by atoms with van der Waals surface area (Å²) in [5, 5.41) is 1.09. The molecule has 1 aliphatic rings. The second-order valence-corrected chi connectivity index (χ2v) is 5.80. The molecule has 2 aromatic carbocycles. The van der Waals surface area contributed by atoms with Crippen LogP contribution in [0.5, 0.6) is 0 Å². The molecule has 92 valence electrons. The summed E-state index contributed by atoms with van der Waals surface area (Å²) >= 11 is 3.59. The van der Waals surface area contributed by atoms with Crippen molar-refractivity contribution in [3.63, 3.8) is 0 Å². The Bertz CT molecular complexity index is 518. The van der Waals surface area contributed by atoms with Crippen molar-refractivity contribution in [1.29, 1.82) is 0 Å². The van der Waals surface area contributed by atoms with E-state index in [0.29, 0.717) is 11.8 Å². The first-order valence-corrected chi connectivity index (χ1v) is 7.72. The molecule has 0 unspecified atom stereocenters. The van der Waals surface area contributed by atoms with E-state index in [0.717, 1.165) is 5.33 Å². The third-order valence-electron chi connectivity index (χ3n) is 3.99. The Hall–Kier alpha value is -1.08. The molecule has 0 saturated heterocycles. The summed E-state index contributed by atoms with van der Waals surface area (Å²) in [6, 6.07) is 19.9. The van der Waals surface area contributed by atoms with Gasteiger partial charge in [0.25, 0.3) is 0 Å². The molecule has 0 heterocycles. The Morgan fingerprint density at radius 2 is 1.56 bits per heavy atom. The van der Waals surface area contributed by atoms with Gasteiger partial charge in [-0.2, -0.15) is 0 Å². The van der Waals surface area contributed by atoms with Crippen LogP contribution in [-0.2, 0) is 0 Å². The number of rotatable bonds is 3. The summed E-state index contributed by atoms with van der Waals surface area (Å²) in [5.41, 5.74) is 4.56. The summed E-state index contributed by atoms with van der Waals surface area (Å²) < 4.78 is 0. The third kappa shape index (κ3) is 2.12. The number of hydrogen-bond acceptors (Lipinski definition) is 0. The molecule has 0 radical (unpaired) electrons. The van der Waals surface area contributed by atoms with Crippen molar-refractivity contribution in [2.45, 2.75) is 24.7 Å². The lowest BCUT2D eigenvalue weighted by atomic mass is 9.92. The van der Waals surface area contributed by atoms with E-state index in [9.17, 15) is 0 Å². The maximum Gasteiger partial charge on any atom is 0.00979 e. The molecule has 2 atom stereocenters. The molecule has 1 heteroatoms. The van der Waals surface area contributed by atoms with Gasteiger partial charge in [0.05, 0.1) is 0 Å². The fraction of sp³-hybridized carbons (Fsp3) is 0.294. The molecule has 3 rings (SSSR count). The first-order valence-electron chi connectivity index (χ1n) is 6.60. The van der Waals surface area contributed by atoms with Crippen LogP contribution in [0, 0.1) is 0 Å². The fourth-order valence-electron chi connectivity index (χ4n) is 3.14. The molecule has 0 N–H and O–H groups in total. The number of benzene rings is 2. The molecule has 0 bridgehead atoms. The lowest BCUT2D eigenvalue weighted by molar-refractivity contribution is 0.625. The van der Waals surface area contributed by atoms with Gasteiger partial charge in [0.2, 0.25) is 0 Å². The number of alkyl halides is 1. The van der Waals surface area contributed by atoms with E-state index in [1.54, 1.807) is 5.56 Å². The molecular formula is C17H17Br. The lowest BCUT2D eigenvalue weighted by Crippen LogP contribution is -1.96. The lowest BCUT2D eigenvalue weighted by Gasteiger charge is -2.12. The largest absolute Gasteiger partial charge is 0.0928 e. The van der Waals surface area contributed by atoms with Gasteiger partial charge in [0.1, 0.15) is 0 Å².